The molecule has 1 N–H and O–H groups in total. The summed E-state index contributed by atoms with van der Waals surface area (Å²) in [4.78, 5) is 3.78. The van der Waals surface area contributed by atoms with E-state index in [0.717, 1.165) is 6.67 Å². The molecule has 5 rings (SSSR count). The number of para-hydroxylation sites is 2. The molecule has 2 aliphatic rings. The van der Waals surface area contributed by atoms with Crippen molar-refractivity contribution in [2.24, 2.45) is 0 Å². The van der Waals surface area contributed by atoms with Gasteiger partial charge < -0.3 is 28.9 Å². The lowest BCUT2D eigenvalue weighted by Crippen LogP contribution is -3.01. The van der Waals surface area contributed by atoms with Crippen LogP contribution in [0.25, 0.3) is 11.1 Å². The van der Waals surface area contributed by atoms with Gasteiger partial charge in [0.2, 0.25) is 0 Å². The summed E-state index contributed by atoms with van der Waals surface area (Å²) in [5.41, 5.74) is 9.80. The lowest BCUT2D eigenvalue weighted by molar-refractivity contribution is -0.752. The minimum atomic E-state index is 0. The SMILES string of the molecule is CN1C[NH+](c2ccc3c(c2)C(C)(C)c2ccccc2-3)c2ccccc21.[I-]. The molecule has 132 valence electrons. The number of hydrogen-bond donors (Lipinski definition) is 1. The van der Waals surface area contributed by atoms with Crippen molar-refractivity contribution in [1.82, 2.24) is 0 Å². The summed E-state index contributed by atoms with van der Waals surface area (Å²) in [5.74, 6) is 0. The molecule has 0 bridgehead atoms. The highest BCUT2D eigenvalue weighted by Gasteiger charge is 2.37. The summed E-state index contributed by atoms with van der Waals surface area (Å²) >= 11 is 0. The summed E-state index contributed by atoms with van der Waals surface area (Å²) in [5, 5.41) is 0. The normalized spacial score (nSPS) is 18.7. The first-order chi connectivity index (χ1) is 12.1. The molecule has 0 saturated heterocycles. The predicted molar refractivity (Wildman–Crippen MR) is 104 cm³/mol. The van der Waals surface area contributed by atoms with Crippen LogP contribution in [0.15, 0.2) is 66.7 Å². The van der Waals surface area contributed by atoms with Gasteiger partial charge in [-0.15, -0.1) is 0 Å². The fourth-order valence-electron chi connectivity index (χ4n) is 4.61. The van der Waals surface area contributed by atoms with Crippen molar-refractivity contribution < 1.29 is 28.9 Å². The first-order valence-electron chi connectivity index (χ1n) is 8.98. The van der Waals surface area contributed by atoms with Crippen LogP contribution < -0.4 is 33.8 Å². The Morgan fingerprint density at radius 3 is 2.38 bits per heavy atom. The van der Waals surface area contributed by atoms with E-state index in [2.05, 4.69) is 92.5 Å². The Bertz CT molecular complexity index is 993. The summed E-state index contributed by atoms with van der Waals surface area (Å²) in [6.45, 7) is 5.67. The molecule has 1 unspecified atom stereocenters. The molecular formula is C23H23IN2. The number of nitrogens with zero attached hydrogens (tertiary/aromatic N) is 1. The molecule has 0 fully saturated rings. The third-order valence-electron chi connectivity index (χ3n) is 5.97. The van der Waals surface area contributed by atoms with Gasteiger partial charge in [-0.2, -0.15) is 0 Å². The van der Waals surface area contributed by atoms with Crippen LogP contribution in [0, 0.1) is 0 Å². The second-order valence-corrected chi connectivity index (χ2v) is 7.78. The fraction of sp³-hybridized carbons (Fsp3) is 0.217. The summed E-state index contributed by atoms with van der Waals surface area (Å²) in [7, 11) is 2.18. The molecule has 1 aliphatic carbocycles. The number of quaternary nitrogens is 1. The van der Waals surface area contributed by atoms with Crippen LogP contribution in [0.2, 0.25) is 0 Å². The van der Waals surface area contributed by atoms with Gasteiger partial charge in [0, 0.05) is 30.7 Å². The molecule has 1 heterocycles. The minimum Gasteiger partial charge on any atom is -1.00 e. The highest BCUT2D eigenvalue weighted by molar-refractivity contribution is 5.81. The van der Waals surface area contributed by atoms with Crippen molar-refractivity contribution >= 4 is 17.1 Å². The third kappa shape index (κ3) is 2.33. The van der Waals surface area contributed by atoms with E-state index in [1.165, 1.54) is 44.2 Å². The molecule has 0 radical (unpaired) electrons. The van der Waals surface area contributed by atoms with E-state index in [-0.39, 0.29) is 29.4 Å². The van der Waals surface area contributed by atoms with Crippen molar-refractivity contribution in [2.45, 2.75) is 19.3 Å². The Balaban J connectivity index is 0.00000168. The molecule has 3 aromatic rings. The van der Waals surface area contributed by atoms with Crippen molar-refractivity contribution in [3.63, 3.8) is 0 Å². The predicted octanol–water partition coefficient (Wildman–Crippen LogP) is 1.25. The first-order valence-corrected chi connectivity index (χ1v) is 8.98. The molecule has 0 amide bonds. The quantitative estimate of drug-likeness (QED) is 0.545. The number of halogens is 1. The highest BCUT2D eigenvalue weighted by atomic mass is 127. The number of fused-ring (bicyclic) bond motifs is 4. The van der Waals surface area contributed by atoms with Crippen molar-refractivity contribution in [2.75, 3.05) is 18.6 Å². The van der Waals surface area contributed by atoms with Gasteiger partial charge in [0.05, 0.1) is 0 Å². The van der Waals surface area contributed by atoms with Crippen molar-refractivity contribution in [3.05, 3.63) is 77.9 Å². The summed E-state index contributed by atoms with van der Waals surface area (Å²) < 4.78 is 0. The van der Waals surface area contributed by atoms with E-state index in [0.29, 0.717) is 0 Å². The van der Waals surface area contributed by atoms with Gasteiger partial charge in [0.15, 0.2) is 12.4 Å². The van der Waals surface area contributed by atoms with E-state index in [9.17, 15) is 0 Å². The van der Waals surface area contributed by atoms with Crippen LogP contribution in [0.4, 0.5) is 17.1 Å². The Kier molecular flexibility index (Phi) is 4.12. The average Bonchev–Trinajstić information content (AvgIpc) is 3.09. The number of benzene rings is 3. The number of nitrogens with one attached hydrogen (secondary N) is 1. The minimum absolute atomic E-state index is 0. The topological polar surface area (TPSA) is 7.68 Å². The van der Waals surface area contributed by atoms with Gasteiger partial charge in [0.25, 0.3) is 0 Å². The first kappa shape index (κ1) is 17.6. The number of hydrogen-bond acceptors (Lipinski definition) is 1. The van der Waals surface area contributed by atoms with Gasteiger partial charge >= 0.3 is 0 Å². The average molecular weight is 454 g/mol. The van der Waals surface area contributed by atoms with Gasteiger partial charge in [-0.3, -0.25) is 4.90 Å². The number of anilines is 1. The van der Waals surface area contributed by atoms with Gasteiger partial charge in [-0.25, -0.2) is 0 Å². The van der Waals surface area contributed by atoms with E-state index in [1.807, 2.05) is 0 Å². The Labute approximate surface area is 172 Å². The Hall–Kier alpha value is -1.85. The zero-order valence-electron chi connectivity index (χ0n) is 15.4. The van der Waals surface area contributed by atoms with Crippen LogP contribution in [0.3, 0.4) is 0 Å². The van der Waals surface area contributed by atoms with E-state index < -0.39 is 0 Å². The molecule has 26 heavy (non-hydrogen) atoms. The molecule has 1 aliphatic heterocycles. The molecule has 0 aromatic heterocycles. The maximum Gasteiger partial charge on any atom is 0.162 e. The zero-order valence-corrected chi connectivity index (χ0v) is 17.5. The largest absolute Gasteiger partial charge is 1.00 e. The maximum absolute atomic E-state index is 2.43. The second kappa shape index (κ2) is 6.10. The third-order valence-corrected chi connectivity index (χ3v) is 5.97. The fourth-order valence-corrected chi connectivity index (χ4v) is 4.61. The van der Waals surface area contributed by atoms with Crippen LogP contribution in [0.1, 0.15) is 25.0 Å². The van der Waals surface area contributed by atoms with Gasteiger partial charge in [-0.1, -0.05) is 50.2 Å². The lowest BCUT2D eigenvalue weighted by atomic mass is 9.82. The molecule has 0 saturated carbocycles. The lowest BCUT2D eigenvalue weighted by Gasteiger charge is -2.22. The molecule has 2 nitrogen and oxygen atoms in total. The van der Waals surface area contributed by atoms with E-state index in [4.69, 9.17) is 0 Å². The highest BCUT2D eigenvalue weighted by Crippen LogP contribution is 2.49. The summed E-state index contributed by atoms with van der Waals surface area (Å²) in [6, 6.07) is 24.6. The van der Waals surface area contributed by atoms with Gasteiger partial charge in [0.1, 0.15) is 11.4 Å². The standard InChI is InChI=1S/C23H22N2.HI/c1-23(2)19-9-5-4-8-17(19)18-13-12-16(14-20(18)23)25-15-24(3)21-10-6-7-11-22(21)25;/h4-14H,15H2,1-3H3;1H. The van der Waals surface area contributed by atoms with Crippen molar-refractivity contribution in [1.29, 1.82) is 0 Å². The van der Waals surface area contributed by atoms with Crippen LogP contribution in [-0.2, 0) is 5.41 Å². The van der Waals surface area contributed by atoms with Crippen LogP contribution in [-0.4, -0.2) is 13.7 Å². The smallest absolute Gasteiger partial charge is 0.162 e. The molecule has 3 heteroatoms. The molecular weight excluding hydrogens is 431 g/mol. The number of rotatable bonds is 1. The summed E-state index contributed by atoms with van der Waals surface area (Å²) in [6.07, 6.45) is 0. The van der Waals surface area contributed by atoms with E-state index >= 15 is 0 Å². The van der Waals surface area contributed by atoms with Crippen molar-refractivity contribution in [3.8, 4) is 11.1 Å². The molecule has 1 atom stereocenters. The molecule has 0 spiro atoms. The second-order valence-electron chi connectivity index (χ2n) is 7.78. The van der Waals surface area contributed by atoms with Crippen LogP contribution >= 0.6 is 0 Å². The van der Waals surface area contributed by atoms with Crippen LogP contribution in [0.5, 0.6) is 0 Å². The Morgan fingerprint density at radius 2 is 1.54 bits per heavy atom. The van der Waals surface area contributed by atoms with E-state index in [1.54, 1.807) is 0 Å². The Morgan fingerprint density at radius 1 is 0.846 bits per heavy atom. The monoisotopic (exact) mass is 454 g/mol. The zero-order chi connectivity index (χ0) is 17.2. The van der Waals surface area contributed by atoms with Gasteiger partial charge in [-0.05, 0) is 34.4 Å². The maximum atomic E-state index is 2.43. The molecule has 3 aromatic carbocycles.